The van der Waals surface area contributed by atoms with Crippen molar-refractivity contribution in [2.75, 3.05) is 13.7 Å². The molecule has 0 unspecified atom stereocenters. The van der Waals surface area contributed by atoms with Gasteiger partial charge < -0.3 is 10.1 Å². The van der Waals surface area contributed by atoms with Gasteiger partial charge in [0.2, 0.25) is 0 Å². The van der Waals surface area contributed by atoms with Crippen molar-refractivity contribution in [2.24, 2.45) is 0 Å². The minimum absolute atomic E-state index is 0.0122. The normalized spacial score (nSPS) is 16.2. The molecule has 0 aliphatic heterocycles. The lowest BCUT2D eigenvalue weighted by Gasteiger charge is -2.38. The fourth-order valence-electron chi connectivity index (χ4n) is 3.69. The average molecular weight is 338 g/mol. The van der Waals surface area contributed by atoms with Crippen molar-refractivity contribution in [1.29, 1.82) is 0 Å². The molecule has 0 bridgehead atoms. The van der Waals surface area contributed by atoms with Crippen molar-refractivity contribution in [3.8, 4) is 5.75 Å². The number of hydrogen-bond donors (Lipinski definition) is 1. The second-order valence-electron chi connectivity index (χ2n) is 6.94. The van der Waals surface area contributed by atoms with Gasteiger partial charge in [-0.1, -0.05) is 31.4 Å². The number of nitrogens with one attached hydrogen (secondary N) is 1. The number of aromatic nitrogens is 1. The maximum atomic E-state index is 12.5. The van der Waals surface area contributed by atoms with Crippen molar-refractivity contribution in [1.82, 2.24) is 10.3 Å². The summed E-state index contributed by atoms with van der Waals surface area (Å²) < 4.78 is 5.28. The van der Waals surface area contributed by atoms with E-state index < -0.39 is 0 Å². The van der Waals surface area contributed by atoms with Gasteiger partial charge in [0.15, 0.2) is 0 Å². The van der Waals surface area contributed by atoms with Crippen LogP contribution in [0.3, 0.4) is 0 Å². The van der Waals surface area contributed by atoms with Gasteiger partial charge >= 0.3 is 0 Å². The van der Waals surface area contributed by atoms with Crippen molar-refractivity contribution < 1.29 is 9.53 Å². The summed E-state index contributed by atoms with van der Waals surface area (Å²) in [4.78, 5) is 16.7. The van der Waals surface area contributed by atoms with E-state index in [1.807, 2.05) is 31.2 Å². The third-order valence-corrected chi connectivity index (χ3v) is 5.27. The Hall–Kier alpha value is -2.36. The molecule has 4 nitrogen and oxygen atoms in total. The summed E-state index contributed by atoms with van der Waals surface area (Å²) in [7, 11) is 1.68. The monoisotopic (exact) mass is 338 g/mol. The van der Waals surface area contributed by atoms with Crippen molar-refractivity contribution in [3.05, 3.63) is 59.4 Å². The number of methoxy groups -OCH3 is 1. The van der Waals surface area contributed by atoms with Crippen LogP contribution < -0.4 is 10.1 Å². The lowest BCUT2D eigenvalue weighted by Crippen LogP contribution is -2.42. The van der Waals surface area contributed by atoms with E-state index in [2.05, 4.69) is 22.4 Å². The van der Waals surface area contributed by atoms with Gasteiger partial charge in [-0.2, -0.15) is 0 Å². The number of benzene rings is 1. The van der Waals surface area contributed by atoms with E-state index in [9.17, 15) is 4.79 Å². The summed E-state index contributed by atoms with van der Waals surface area (Å²) in [5.41, 5.74) is 2.83. The topological polar surface area (TPSA) is 51.2 Å². The Kier molecular flexibility index (Phi) is 5.37. The molecule has 0 radical (unpaired) electrons. The number of ether oxygens (including phenoxy) is 1. The first kappa shape index (κ1) is 17.5. The van der Waals surface area contributed by atoms with Gasteiger partial charge in [0.1, 0.15) is 5.75 Å². The molecule has 132 valence electrons. The highest BCUT2D eigenvalue weighted by Crippen LogP contribution is 2.39. The van der Waals surface area contributed by atoms with Gasteiger partial charge in [0.25, 0.3) is 5.91 Å². The summed E-state index contributed by atoms with van der Waals surface area (Å²) in [6.45, 7) is 2.58. The molecule has 1 heterocycles. The van der Waals surface area contributed by atoms with Crippen LogP contribution in [-0.2, 0) is 5.41 Å². The molecule has 1 aromatic heterocycles. The molecule has 0 saturated heterocycles. The molecular formula is C21H26N2O2. The van der Waals surface area contributed by atoms with Crippen molar-refractivity contribution >= 4 is 5.91 Å². The Morgan fingerprint density at radius 1 is 1.12 bits per heavy atom. The van der Waals surface area contributed by atoms with Crippen molar-refractivity contribution in [2.45, 2.75) is 44.4 Å². The van der Waals surface area contributed by atoms with Crippen LogP contribution in [-0.4, -0.2) is 24.5 Å². The van der Waals surface area contributed by atoms with E-state index in [4.69, 9.17) is 4.74 Å². The zero-order chi connectivity index (χ0) is 17.7. The second-order valence-corrected chi connectivity index (χ2v) is 6.94. The van der Waals surface area contributed by atoms with Gasteiger partial charge in [-0.15, -0.1) is 0 Å². The Labute approximate surface area is 149 Å². The summed E-state index contributed by atoms with van der Waals surface area (Å²) in [5, 5.41) is 3.15. The highest BCUT2D eigenvalue weighted by Gasteiger charge is 2.34. The van der Waals surface area contributed by atoms with E-state index >= 15 is 0 Å². The molecule has 25 heavy (non-hydrogen) atoms. The molecule has 0 spiro atoms. The molecule has 1 N–H and O–H groups in total. The van der Waals surface area contributed by atoms with E-state index in [1.54, 1.807) is 13.3 Å². The van der Waals surface area contributed by atoms with Crippen LogP contribution in [0.1, 0.15) is 53.7 Å². The van der Waals surface area contributed by atoms with Crippen molar-refractivity contribution in [3.63, 3.8) is 0 Å². The number of carbonyl (C=O) groups excluding carboxylic acids is 1. The van der Waals surface area contributed by atoms with E-state index in [0.29, 0.717) is 12.1 Å². The lowest BCUT2D eigenvalue weighted by molar-refractivity contribution is 0.0936. The van der Waals surface area contributed by atoms with Gasteiger partial charge in [0.05, 0.1) is 12.7 Å². The van der Waals surface area contributed by atoms with Gasteiger partial charge in [-0.25, -0.2) is 0 Å². The molecule has 0 atom stereocenters. The number of carbonyl (C=O) groups is 1. The zero-order valence-electron chi connectivity index (χ0n) is 15.0. The predicted octanol–water partition coefficient (Wildman–Crippen LogP) is 4.03. The van der Waals surface area contributed by atoms with Crippen LogP contribution in [0.25, 0.3) is 0 Å². The van der Waals surface area contributed by atoms with E-state index in [1.165, 1.54) is 24.8 Å². The van der Waals surface area contributed by atoms with Gasteiger partial charge in [0, 0.05) is 23.9 Å². The fraction of sp³-hybridized carbons (Fsp3) is 0.429. The Morgan fingerprint density at radius 3 is 2.44 bits per heavy atom. The molecule has 1 fully saturated rings. The van der Waals surface area contributed by atoms with E-state index in [0.717, 1.165) is 24.3 Å². The highest BCUT2D eigenvalue weighted by atomic mass is 16.5. The number of pyridine rings is 1. The SMILES string of the molecule is COc1ccc(C2(CNC(=O)c3ccc(C)nc3)CCCCC2)cc1. The standard InChI is InChI=1S/C21H26N2O2/c1-16-6-7-17(14-22-16)20(24)23-15-21(12-4-3-5-13-21)18-8-10-19(25-2)11-9-18/h6-11,14H,3-5,12-13,15H2,1-2H3,(H,23,24). The smallest absolute Gasteiger partial charge is 0.252 e. The van der Waals surface area contributed by atoms with Crippen LogP contribution in [0.5, 0.6) is 5.75 Å². The molecule has 1 aliphatic rings. The molecule has 2 aromatic rings. The summed E-state index contributed by atoms with van der Waals surface area (Å²) in [6, 6.07) is 12.0. The predicted molar refractivity (Wildman–Crippen MR) is 99.1 cm³/mol. The fourth-order valence-corrected chi connectivity index (χ4v) is 3.69. The lowest BCUT2D eigenvalue weighted by atomic mass is 9.69. The minimum Gasteiger partial charge on any atom is -0.497 e. The number of nitrogens with zero attached hydrogens (tertiary/aromatic N) is 1. The first-order valence-electron chi connectivity index (χ1n) is 8.98. The summed E-state index contributed by atoms with van der Waals surface area (Å²) in [6.07, 6.45) is 7.53. The molecule has 4 heteroatoms. The molecular weight excluding hydrogens is 312 g/mol. The molecule has 1 aliphatic carbocycles. The highest BCUT2D eigenvalue weighted by molar-refractivity contribution is 5.93. The third-order valence-electron chi connectivity index (χ3n) is 5.27. The number of hydrogen-bond acceptors (Lipinski definition) is 3. The van der Waals surface area contributed by atoms with Gasteiger partial charge in [-0.05, 0) is 49.6 Å². The average Bonchev–Trinajstić information content (AvgIpc) is 2.67. The summed E-state index contributed by atoms with van der Waals surface area (Å²) in [5.74, 6) is 0.815. The second kappa shape index (κ2) is 7.68. The number of amides is 1. The first-order chi connectivity index (χ1) is 12.1. The molecule has 3 rings (SSSR count). The largest absolute Gasteiger partial charge is 0.497 e. The Morgan fingerprint density at radius 2 is 1.84 bits per heavy atom. The maximum absolute atomic E-state index is 12.5. The zero-order valence-corrected chi connectivity index (χ0v) is 15.0. The number of rotatable bonds is 5. The van der Waals surface area contributed by atoms with E-state index in [-0.39, 0.29) is 11.3 Å². The van der Waals surface area contributed by atoms with Crippen LogP contribution in [0.4, 0.5) is 0 Å². The summed E-state index contributed by atoms with van der Waals surface area (Å²) >= 11 is 0. The Bertz CT molecular complexity index is 702. The van der Waals surface area contributed by atoms with Gasteiger partial charge in [-0.3, -0.25) is 9.78 Å². The van der Waals surface area contributed by atoms with Crippen LogP contribution in [0, 0.1) is 6.92 Å². The van der Waals surface area contributed by atoms with Crippen LogP contribution in [0.15, 0.2) is 42.6 Å². The minimum atomic E-state index is -0.0500. The number of aryl methyl sites for hydroxylation is 1. The molecule has 1 saturated carbocycles. The molecule has 1 aromatic carbocycles. The third kappa shape index (κ3) is 4.01. The maximum Gasteiger partial charge on any atom is 0.252 e. The van der Waals surface area contributed by atoms with Crippen LogP contribution in [0.2, 0.25) is 0 Å². The Balaban J connectivity index is 1.76. The first-order valence-corrected chi connectivity index (χ1v) is 8.98. The molecule has 1 amide bonds. The van der Waals surface area contributed by atoms with Crippen LogP contribution >= 0.6 is 0 Å². The quantitative estimate of drug-likeness (QED) is 0.895.